The summed E-state index contributed by atoms with van der Waals surface area (Å²) in [6, 6.07) is 5.93. The molecule has 0 aliphatic rings. The Bertz CT molecular complexity index is 763. The monoisotopic (exact) mass is 371 g/mol. The fourth-order valence-electron chi connectivity index (χ4n) is 1.97. The molecule has 25 heavy (non-hydrogen) atoms. The summed E-state index contributed by atoms with van der Waals surface area (Å²) in [6.45, 7) is 4.45. The smallest absolute Gasteiger partial charge is 0.352 e. The Morgan fingerprint density at radius 3 is 2.60 bits per heavy atom. The number of carbonyl (C=O) groups is 1. The molecule has 2 aromatic rings. The molecule has 0 spiro atoms. The van der Waals surface area contributed by atoms with Crippen molar-refractivity contribution in [2.24, 2.45) is 5.92 Å². The van der Waals surface area contributed by atoms with Crippen molar-refractivity contribution in [1.29, 1.82) is 0 Å². The van der Waals surface area contributed by atoms with Crippen LogP contribution >= 0.6 is 11.6 Å². The molecular formula is C17H17ClF3N3O. The second kappa shape index (κ2) is 7.74. The number of carbonyl (C=O) groups excluding carboxylic acids is 1. The van der Waals surface area contributed by atoms with Gasteiger partial charge in [0.1, 0.15) is 5.82 Å². The van der Waals surface area contributed by atoms with E-state index in [0.717, 1.165) is 18.2 Å². The molecule has 1 heterocycles. The van der Waals surface area contributed by atoms with Gasteiger partial charge in [-0.05, 0) is 36.2 Å². The summed E-state index contributed by atoms with van der Waals surface area (Å²) in [4.78, 5) is 16.1. The molecule has 0 saturated heterocycles. The third-order valence-electron chi connectivity index (χ3n) is 3.25. The van der Waals surface area contributed by atoms with Crippen LogP contribution in [0.2, 0.25) is 5.02 Å². The largest absolute Gasteiger partial charge is 0.416 e. The summed E-state index contributed by atoms with van der Waals surface area (Å²) < 4.78 is 38.5. The third kappa shape index (κ3) is 5.35. The maximum absolute atomic E-state index is 12.8. The van der Waals surface area contributed by atoms with Gasteiger partial charge < -0.3 is 10.6 Å². The third-order valence-corrected chi connectivity index (χ3v) is 3.58. The number of benzene rings is 1. The number of halogens is 4. The van der Waals surface area contributed by atoms with E-state index in [-0.39, 0.29) is 22.4 Å². The summed E-state index contributed by atoms with van der Waals surface area (Å²) in [5, 5.41) is 5.60. The predicted octanol–water partition coefficient (Wildman–Crippen LogP) is 4.88. The standard InChI is InChI=1S/C17H17ClF3N3O/c1-10(2)9-23-16(25)11-5-6-22-15(7-11)24-14-8-12(17(19,20)21)3-4-13(14)18/h3-8,10H,9H2,1-2H3,(H,22,24)(H,23,25). The molecule has 4 nitrogen and oxygen atoms in total. The molecule has 0 aliphatic carbocycles. The molecule has 1 aromatic heterocycles. The van der Waals surface area contributed by atoms with Crippen molar-refractivity contribution < 1.29 is 18.0 Å². The lowest BCUT2D eigenvalue weighted by molar-refractivity contribution is -0.137. The Hall–Kier alpha value is -2.28. The van der Waals surface area contributed by atoms with Crippen molar-refractivity contribution in [2.45, 2.75) is 20.0 Å². The molecule has 0 bridgehead atoms. The topological polar surface area (TPSA) is 54.0 Å². The summed E-state index contributed by atoms with van der Waals surface area (Å²) >= 11 is 5.95. The lowest BCUT2D eigenvalue weighted by Crippen LogP contribution is -2.27. The molecule has 0 atom stereocenters. The number of aromatic nitrogens is 1. The number of hydrogen-bond acceptors (Lipinski definition) is 3. The molecule has 0 unspecified atom stereocenters. The summed E-state index contributed by atoms with van der Waals surface area (Å²) in [5.41, 5.74) is -0.421. The van der Waals surface area contributed by atoms with Gasteiger partial charge in [-0.25, -0.2) is 4.98 Å². The fourth-order valence-corrected chi connectivity index (χ4v) is 2.14. The van der Waals surface area contributed by atoms with Crippen LogP contribution in [0, 0.1) is 5.92 Å². The van der Waals surface area contributed by atoms with Crippen LogP contribution < -0.4 is 10.6 Å². The lowest BCUT2D eigenvalue weighted by atomic mass is 10.2. The van der Waals surface area contributed by atoms with Crippen molar-refractivity contribution in [3.8, 4) is 0 Å². The molecular weight excluding hydrogens is 355 g/mol. The predicted molar refractivity (Wildman–Crippen MR) is 91.1 cm³/mol. The SMILES string of the molecule is CC(C)CNC(=O)c1ccnc(Nc2cc(C(F)(F)F)ccc2Cl)c1. The minimum absolute atomic E-state index is 0.0590. The summed E-state index contributed by atoms with van der Waals surface area (Å²) in [6.07, 6.45) is -3.08. The highest BCUT2D eigenvalue weighted by Crippen LogP contribution is 2.34. The van der Waals surface area contributed by atoms with Gasteiger partial charge in [0, 0.05) is 18.3 Å². The van der Waals surface area contributed by atoms with E-state index >= 15 is 0 Å². The molecule has 0 aliphatic heterocycles. The van der Waals surface area contributed by atoms with Gasteiger partial charge in [-0.2, -0.15) is 13.2 Å². The molecule has 2 rings (SSSR count). The first-order chi connectivity index (χ1) is 11.7. The van der Waals surface area contributed by atoms with Crippen molar-refractivity contribution >= 4 is 29.0 Å². The number of nitrogens with one attached hydrogen (secondary N) is 2. The van der Waals surface area contributed by atoms with E-state index in [9.17, 15) is 18.0 Å². The van der Waals surface area contributed by atoms with E-state index in [1.165, 1.54) is 18.3 Å². The van der Waals surface area contributed by atoms with Crippen LogP contribution in [-0.4, -0.2) is 17.4 Å². The van der Waals surface area contributed by atoms with Gasteiger partial charge in [0.05, 0.1) is 16.3 Å². The molecule has 1 aromatic carbocycles. The number of alkyl halides is 3. The lowest BCUT2D eigenvalue weighted by Gasteiger charge is -2.13. The molecule has 1 amide bonds. The highest BCUT2D eigenvalue weighted by Gasteiger charge is 2.31. The van der Waals surface area contributed by atoms with E-state index < -0.39 is 11.7 Å². The summed E-state index contributed by atoms with van der Waals surface area (Å²) in [7, 11) is 0. The molecule has 8 heteroatoms. The van der Waals surface area contributed by atoms with Crippen LogP contribution in [0.5, 0.6) is 0 Å². The zero-order valence-electron chi connectivity index (χ0n) is 13.6. The molecule has 0 fully saturated rings. The Morgan fingerprint density at radius 1 is 1.24 bits per heavy atom. The Morgan fingerprint density at radius 2 is 1.96 bits per heavy atom. The highest BCUT2D eigenvalue weighted by atomic mass is 35.5. The summed E-state index contributed by atoms with van der Waals surface area (Å²) in [5.74, 6) is 0.236. The molecule has 2 N–H and O–H groups in total. The number of nitrogens with zero attached hydrogens (tertiary/aromatic N) is 1. The minimum atomic E-state index is -4.48. The normalized spacial score (nSPS) is 11.5. The van der Waals surface area contributed by atoms with Gasteiger partial charge in [-0.3, -0.25) is 4.79 Å². The number of rotatable bonds is 5. The van der Waals surface area contributed by atoms with Gasteiger partial charge in [0.25, 0.3) is 5.91 Å². The zero-order chi connectivity index (χ0) is 18.6. The van der Waals surface area contributed by atoms with Crippen molar-refractivity contribution in [2.75, 3.05) is 11.9 Å². The maximum Gasteiger partial charge on any atom is 0.416 e. The van der Waals surface area contributed by atoms with Gasteiger partial charge in [-0.15, -0.1) is 0 Å². The van der Waals surface area contributed by atoms with E-state index in [1.54, 1.807) is 0 Å². The van der Waals surface area contributed by atoms with Crippen molar-refractivity contribution in [3.63, 3.8) is 0 Å². The van der Waals surface area contributed by atoms with Crippen molar-refractivity contribution in [1.82, 2.24) is 10.3 Å². The minimum Gasteiger partial charge on any atom is -0.352 e. The van der Waals surface area contributed by atoms with Crippen LogP contribution in [0.25, 0.3) is 0 Å². The Labute approximate surface area is 148 Å². The van der Waals surface area contributed by atoms with E-state index in [0.29, 0.717) is 18.0 Å². The first-order valence-corrected chi connectivity index (χ1v) is 7.92. The molecule has 134 valence electrons. The van der Waals surface area contributed by atoms with Crippen LogP contribution in [-0.2, 0) is 6.18 Å². The molecule has 0 radical (unpaired) electrons. The second-order valence-electron chi connectivity index (χ2n) is 5.85. The van der Waals surface area contributed by atoms with Gasteiger partial charge in [0.2, 0.25) is 0 Å². The maximum atomic E-state index is 12.8. The number of pyridine rings is 1. The Kier molecular flexibility index (Phi) is 5.89. The number of amides is 1. The van der Waals surface area contributed by atoms with Crippen LogP contribution in [0.15, 0.2) is 36.5 Å². The van der Waals surface area contributed by atoms with E-state index in [1.807, 2.05) is 13.8 Å². The van der Waals surface area contributed by atoms with Gasteiger partial charge in [-0.1, -0.05) is 25.4 Å². The number of anilines is 2. The van der Waals surface area contributed by atoms with Crippen LogP contribution in [0.3, 0.4) is 0 Å². The van der Waals surface area contributed by atoms with E-state index in [4.69, 9.17) is 11.6 Å². The van der Waals surface area contributed by atoms with Crippen molar-refractivity contribution in [3.05, 3.63) is 52.7 Å². The first kappa shape index (κ1) is 19.1. The fraction of sp³-hybridized carbons (Fsp3) is 0.294. The highest BCUT2D eigenvalue weighted by molar-refractivity contribution is 6.33. The van der Waals surface area contributed by atoms with Crippen LogP contribution in [0.4, 0.5) is 24.7 Å². The zero-order valence-corrected chi connectivity index (χ0v) is 14.4. The Balaban J connectivity index is 2.21. The molecule has 0 saturated carbocycles. The van der Waals surface area contributed by atoms with E-state index in [2.05, 4.69) is 15.6 Å². The quantitative estimate of drug-likeness (QED) is 0.787. The second-order valence-corrected chi connectivity index (χ2v) is 6.26. The average Bonchev–Trinajstić information content (AvgIpc) is 2.54. The van der Waals surface area contributed by atoms with Gasteiger partial charge in [0.15, 0.2) is 0 Å². The average molecular weight is 372 g/mol. The van der Waals surface area contributed by atoms with Crippen LogP contribution in [0.1, 0.15) is 29.8 Å². The van der Waals surface area contributed by atoms with Gasteiger partial charge >= 0.3 is 6.18 Å². The number of hydrogen-bond donors (Lipinski definition) is 2. The first-order valence-electron chi connectivity index (χ1n) is 7.55.